The summed E-state index contributed by atoms with van der Waals surface area (Å²) in [6, 6.07) is -0.0580. The van der Waals surface area contributed by atoms with Crippen molar-refractivity contribution in [2.45, 2.75) is 18.9 Å². The van der Waals surface area contributed by atoms with E-state index < -0.39 is 10.2 Å². The van der Waals surface area contributed by atoms with Crippen LogP contribution < -0.4 is 0 Å². The first kappa shape index (κ1) is 11.6. The molecule has 0 amide bonds. The first-order valence-corrected chi connectivity index (χ1v) is 6.55. The Morgan fingerprint density at radius 2 is 2.38 bits per heavy atom. The lowest BCUT2D eigenvalue weighted by molar-refractivity contribution is 0.148. The molecule has 90 valence electrons. The minimum Gasteiger partial charge on any atom is -0.383 e. The van der Waals surface area contributed by atoms with E-state index in [1.54, 1.807) is 7.11 Å². The number of aromatic nitrogens is 2. The first-order valence-electron chi connectivity index (χ1n) is 5.15. The van der Waals surface area contributed by atoms with Crippen molar-refractivity contribution in [3.63, 3.8) is 0 Å². The predicted octanol–water partition coefficient (Wildman–Crippen LogP) is 0.0868. The summed E-state index contributed by atoms with van der Waals surface area (Å²) in [5.74, 6) is 0. The molecule has 0 aromatic carbocycles. The highest BCUT2D eigenvalue weighted by atomic mass is 32.2. The third kappa shape index (κ3) is 1.98. The molecule has 7 heteroatoms. The van der Waals surface area contributed by atoms with Gasteiger partial charge in [0.15, 0.2) is 0 Å². The molecule has 1 aliphatic heterocycles. The Morgan fingerprint density at radius 1 is 1.56 bits per heavy atom. The largest absolute Gasteiger partial charge is 0.383 e. The van der Waals surface area contributed by atoms with Gasteiger partial charge in [-0.3, -0.25) is 0 Å². The number of rotatable bonds is 4. The minimum absolute atomic E-state index is 0.0580. The summed E-state index contributed by atoms with van der Waals surface area (Å²) in [5.41, 5.74) is 0. The van der Waals surface area contributed by atoms with Crippen molar-refractivity contribution >= 4 is 10.2 Å². The molecule has 1 saturated heterocycles. The van der Waals surface area contributed by atoms with E-state index in [0.29, 0.717) is 13.2 Å². The molecule has 0 bridgehead atoms. The van der Waals surface area contributed by atoms with Gasteiger partial charge < -0.3 is 4.74 Å². The molecule has 0 N–H and O–H groups in total. The van der Waals surface area contributed by atoms with Crippen molar-refractivity contribution in [2.24, 2.45) is 0 Å². The topological polar surface area (TPSA) is 64.4 Å². The van der Waals surface area contributed by atoms with Gasteiger partial charge in [-0.05, 0) is 12.8 Å². The maximum absolute atomic E-state index is 12.2. The zero-order valence-electron chi connectivity index (χ0n) is 9.11. The van der Waals surface area contributed by atoms with Crippen LogP contribution in [0.1, 0.15) is 12.8 Å². The van der Waals surface area contributed by atoms with Crippen LogP contribution >= 0.6 is 0 Å². The lowest BCUT2D eigenvalue weighted by Gasteiger charge is -2.23. The van der Waals surface area contributed by atoms with Gasteiger partial charge in [-0.15, -0.1) is 0 Å². The van der Waals surface area contributed by atoms with Gasteiger partial charge in [0.25, 0.3) is 0 Å². The van der Waals surface area contributed by atoms with Gasteiger partial charge in [-0.2, -0.15) is 12.7 Å². The molecule has 6 nitrogen and oxygen atoms in total. The zero-order valence-corrected chi connectivity index (χ0v) is 9.93. The fourth-order valence-corrected chi connectivity index (χ4v) is 3.50. The van der Waals surface area contributed by atoms with Crippen LogP contribution in [0.5, 0.6) is 0 Å². The lowest BCUT2D eigenvalue weighted by Crippen LogP contribution is -2.40. The van der Waals surface area contributed by atoms with E-state index in [2.05, 4.69) is 4.98 Å². The molecule has 0 saturated carbocycles. The Bertz CT molecular complexity index is 429. The van der Waals surface area contributed by atoms with Gasteiger partial charge in [0.2, 0.25) is 0 Å². The Morgan fingerprint density at radius 3 is 3.00 bits per heavy atom. The summed E-state index contributed by atoms with van der Waals surface area (Å²) in [5, 5.41) is 0. The Labute approximate surface area is 95.0 Å². The van der Waals surface area contributed by atoms with Gasteiger partial charge in [-0.25, -0.2) is 8.96 Å². The monoisotopic (exact) mass is 245 g/mol. The normalized spacial score (nSPS) is 22.7. The van der Waals surface area contributed by atoms with Gasteiger partial charge >= 0.3 is 10.2 Å². The second-order valence-corrected chi connectivity index (χ2v) is 5.55. The smallest absolute Gasteiger partial charge is 0.309 e. The van der Waals surface area contributed by atoms with E-state index in [1.807, 2.05) is 0 Å². The van der Waals surface area contributed by atoms with Crippen LogP contribution in [0.25, 0.3) is 0 Å². The molecular formula is C9H15N3O3S. The van der Waals surface area contributed by atoms with E-state index in [0.717, 1.165) is 16.8 Å². The average molecular weight is 245 g/mol. The van der Waals surface area contributed by atoms with E-state index in [4.69, 9.17) is 4.74 Å². The quantitative estimate of drug-likeness (QED) is 0.754. The Hall–Kier alpha value is -0.920. The van der Waals surface area contributed by atoms with Gasteiger partial charge in [-0.1, -0.05) is 0 Å². The van der Waals surface area contributed by atoms with E-state index in [-0.39, 0.29) is 6.04 Å². The molecular weight excluding hydrogens is 230 g/mol. The van der Waals surface area contributed by atoms with Crippen LogP contribution in [-0.4, -0.2) is 48.0 Å². The van der Waals surface area contributed by atoms with E-state index >= 15 is 0 Å². The molecule has 1 aromatic rings. The van der Waals surface area contributed by atoms with Crippen molar-refractivity contribution in [2.75, 3.05) is 20.3 Å². The molecule has 1 aliphatic rings. The first-order chi connectivity index (χ1) is 7.66. The maximum Gasteiger partial charge on any atom is 0.309 e. The van der Waals surface area contributed by atoms with Crippen LogP contribution in [-0.2, 0) is 14.9 Å². The summed E-state index contributed by atoms with van der Waals surface area (Å²) in [7, 11) is -1.88. The molecule has 0 radical (unpaired) electrons. The highest BCUT2D eigenvalue weighted by Crippen LogP contribution is 2.22. The van der Waals surface area contributed by atoms with Crippen molar-refractivity contribution in [3.8, 4) is 0 Å². The van der Waals surface area contributed by atoms with Crippen LogP contribution in [0.15, 0.2) is 18.7 Å². The number of ether oxygens (including phenoxy) is 1. The molecule has 1 aromatic heterocycles. The highest BCUT2D eigenvalue weighted by molar-refractivity contribution is 7.87. The maximum atomic E-state index is 12.2. The second kappa shape index (κ2) is 4.52. The van der Waals surface area contributed by atoms with Crippen molar-refractivity contribution in [3.05, 3.63) is 18.7 Å². The van der Waals surface area contributed by atoms with Crippen molar-refractivity contribution in [1.82, 2.24) is 13.3 Å². The molecule has 0 aliphatic carbocycles. The van der Waals surface area contributed by atoms with E-state index in [1.165, 1.54) is 23.0 Å². The molecule has 1 fully saturated rings. The second-order valence-electron chi connectivity index (χ2n) is 3.76. The number of hydrogen-bond donors (Lipinski definition) is 0. The van der Waals surface area contributed by atoms with Crippen LogP contribution in [0.2, 0.25) is 0 Å². The standard InChI is InChI=1S/C9H15N3O3S/c1-15-7-9-3-2-5-12(9)16(13,14)11-6-4-10-8-11/h4,6,8-9H,2-3,5,7H2,1H3. The summed E-state index contributed by atoms with van der Waals surface area (Å²) in [6.45, 7) is 0.989. The van der Waals surface area contributed by atoms with Crippen molar-refractivity contribution < 1.29 is 13.2 Å². The fourth-order valence-electron chi connectivity index (χ4n) is 1.98. The molecule has 1 unspecified atom stereocenters. The average Bonchev–Trinajstić information content (AvgIpc) is 2.88. The van der Waals surface area contributed by atoms with Gasteiger partial charge in [0, 0.05) is 32.1 Å². The summed E-state index contributed by atoms with van der Waals surface area (Å²) >= 11 is 0. The van der Waals surface area contributed by atoms with E-state index in [9.17, 15) is 8.42 Å². The molecule has 2 rings (SSSR count). The third-order valence-corrected chi connectivity index (χ3v) is 4.55. The molecule has 2 heterocycles. The van der Waals surface area contributed by atoms with Crippen LogP contribution in [0.3, 0.4) is 0 Å². The summed E-state index contributed by atoms with van der Waals surface area (Å²) in [4.78, 5) is 3.76. The van der Waals surface area contributed by atoms with Crippen molar-refractivity contribution in [1.29, 1.82) is 0 Å². The third-order valence-electron chi connectivity index (χ3n) is 2.73. The minimum atomic E-state index is -3.46. The number of nitrogens with zero attached hydrogens (tertiary/aromatic N) is 3. The Kier molecular flexibility index (Phi) is 3.27. The molecule has 0 spiro atoms. The summed E-state index contributed by atoms with van der Waals surface area (Å²) in [6.07, 6.45) is 5.93. The summed E-state index contributed by atoms with van der Waals surface area (Å²) < 4.78 is 32.0. The van der Waals surface area contributed by atoms with Gasteiger partial charge in [0.05, 0.1) is 6.61 Å². The Balaban J connectivity index is 2.24. The highest BCUT2D eigenvalue weighted by Gasteiger charge is 2.34. The molecule has 1 atom stereocenters. The SMILES string of the molecule is COCC1CCCN1S(=O)(=O)n1ccnc1. The lowest BCUT2D eigenvalue weighted by atomic mass is 10.2. The number of imidazole rings is 1. The number of methoxy groups -OCH3 is 1. The predicted molar refractivity (Wildman–Crippen MR) is 58.1 cm³/mol. The zero-order chi connectivity index (χ0) is 11.6. The number of hydrogen-bond acceptors (Lipinski definition) is 4. The fraction of sp³-hybridized carbons (Fsp3) is 0.667. The van der Waals surface area contributed by atoms with Gasteiger partial charge in [0.1, 0.15) is 6.33 Å². The molecule has 16 heavy (non-hydrogen) atoms. The van der Waals surface area contributed by atoms with Crippen LogP contribution in [0, 0.1) is 0 Å². The van der Waals surface area contributed by atoms with Crippen LogP contribution in [0.4, 0.5) is 0 Å².